The van der Waals surface area contributed by atoms with Crippen LogP contribution in [-0.2, 0) is 13.6 Å². The summed E-state index contributed by atoms with van der Waals surface area (Å²) < 4.78 is 7.28. The van der Waals surface area contributed by atoms with Crippen molar-refractivity contribution in [2.24, 2.45) is 7.05 Å². The predicted octanol–water partition coefficient (Wildman–Crippen LogP) is 3.09. The highest BCUT2D eigenvalue weighted by Crippen LogP contribution is 2.23. The van der Waals surface area contributed by atoms with Crippen LogP contribution < -0.4 is 0 Å². The minimum absolute atomic E-state index is 0.175. The zero-order valence-electron chi connectivity index (χ0n) is 11.7. The Hall–Kier alpha value is -2.27. The topological polar surface area (TPSA) is 51.3 Å². The molecule has 0 radical (unpaired) electrons. The number of halogens is 1. The lowest BCUT2D eigenvalue weighted by molar-refractivity contribution is 0.0756. The van der Waals surface area contributed by atoms with Crippen molar-refractivity contribution in [1.29, 1.82) is 0 Å². The predicted molar refractivity (Wildman–Crippen MR) is 80.2 cm³/mol. The fraction of sp³-hybridized carbons (Fsp3) is 0.200. The number of furan rings is 1. The van der Waals surface area contributed by atoms with E-state index in [0.29, 0.717) is 22.9 Å². The number of aryl methyl sites for hydroxylation is 1. The van der Waals surface area contributed by atoms with Crippen LogP contribution in [0.3, 0.4) is 0 Å². The van der Waals surface area contributed by atoms with Gasteiger partial charge in [0.05, 0.1) is 6.20 Å². The number of hydrogen-bond donors (Lipinski definition) is 0. The number of benzene rings is 1. The van der Waals surface area contributed by atoms with Gasteiger partial charge in [-0.05, 0) is 24.3 Å². The first-order valence-corrected chi connectivity index (χ1v) is 6.83. The van der Waals surface area contributed by atoms with E-state index in [9.17, 15) is 4.79 Å². The monoisotopic (exact) mass is 303 g/mol. The summed E-state index contributed by atoms with van der Waals surface area (Å²) in [5.41, 5.74) is 1.62. The van der Waals surface area contributed by atoms with Crippen molar-refractivity contribution >= 4 is 28.5 Å². The number of fused-ring (bicyclic) bond motifs is 1. The van der Waals surface area contributed by atoms with E-state index in [0.717, 1.165) is 10.9 Å². The van der Waals surface area contributed by atoms with Crippen LogP contribution >= 0.6 is 11.6 Å². The molecule has 2 heterocycles. The van der Waals surface area contributed by atoms with E-state index in [1.54, 1.807) is 47.1 Å². The number of hydrogen-bond acceptors (Lipinski definition) is 3. The molecule has 0 aliphatic carbocycles. The van der Waals surface area contributed by atoms with E-state index in [-0.39, 0.29) is 5.91 Å². The van der Waals surface area contributed by atoms with Gasteiger partial charge in [-0.1, -0.05) is 11.6 Å². The van der Waals surface area contributed by atoms with Gasteiger partial charge in [0.2, 0.25) is 0 Å². The summed E-state index contributed by atoms with van der Waals surface area (Å²) in [7, 11) is 3.57. The Bertz CT molecular complexity index is 806. The van der Waals surface area contributed by atoms with Crippen LogP contribution in [0.2, 0.25) is 5.02 Å². The van der Waals surface area contributed by atoms with E-state index >= 15 is 0 Å². The molecule has 2 aromatic heterocycles. The van der Waals surface area contributed by atoms with Gasteiger partial charge in [-0.15, -0.1) is 0 Å². The molecular weight excluding hydrogens is 290 g/mol. The van der Waals surface area contributed by atoms with Crippen LogP contribution in [0.15, 0.2) is 41.1 Å². The molecule has 0 spiro atoms. The molecule has 0 saturated carbocycles. The Morgan fingerprint density at radius 3 is 2.95 bits per heavy atom. The second-order valence-electron chi connectivity index (χ2n) is 4.98. The van der Waals surface area contributed by atoms with Crippen molar-refractivity contribution in [1.82, 2.24) is 14.7 Å². The summed E-state index contributed by atoms with van der Waals surface area (Å²) in [6, 6.07) is 6.98. The third-order valence-corrected chi connectivity index (χ3v) is 3.45. The summed E-state index contributed by atoms with van der Waals surface area (Å²) in [5.74, 6) is 0.129. The average Bonchev–Trinajstić information content (AvgIpc) is 3.03. The van der Waals surface area contributed by atoms with E-state index in [1.807, 2.05) is 13.2 Å². The molecule has 0 unspecified atom stereocenters. The van der Waals surface area contributed by atoms with Gasteiger partial charge in [0.1, 0.15) is 5.58 Å². The maximum Gasteiger partial charge on any atom is 0.289 e. The number of carbonyl (C=O) groups excluding carboxylic acids is 1. The van der Waals surface area contributed by atoms with Crippen LogP contribution in [0.5, 0.6) is 0 Å². The molecule has 0 bridgehead atoms. The summed E-state index contributed by atoms with van der Waals surface area (Å²) in [5, 5.41) is 5.52. The standard InChI is InChI=1S/C15H14ClN3O2/c1-18(8-10-7-17-19(2)9-10)15(20)14-6-11-5-12(16)3-4-13(11)21-14/h3-7,9H,8H2,1-2H3. The fourth-order valence-corrected chi connectivity index (χ4v) is 2.39. The van der Waals surface area contributed by atoms with E-state index < -0.39 is 0 Å². The molecule has 0 atom stereocenters. The number of carbonyl (C=O) groups is 1. The average molecular weight is 304 g/mol. The minimum atomic E-state index is -0.175. The lowest BCUT2D eigenvalue weighted by Crippen LogP contribution is -2.25. The summed E-state index contributed by atoms with van der Waals surface area (Å²) in [6.45, 7) is 0.477. The molecule has 0 fully saturated rings. The largest absolute Gasteiger partial charge is 0.451 e. The zero-order valence-corrected chi connectivity index (χ0v) is 12.5. The lowest BCUT2D eigenvalue weighted by Gasteiger charge is -2.14. The lowest BCUT2D eigenvalue weighted by atomic mass is 10.2. The highest BCUT2D eigenvalue weighted by atomic mass is 35.5. The molecule has 0 aliphatic heterocycles. The third kappa shape index (κ3) is 2.78. The number of amides is 1. The normalized spacial score (nSPS) is 11.0. The molecule has 21 heavy (non-hydrogen) atoms. The molecule has 6 heteroatoms. The first-order valence-electron chi connectivity index (χ1n) is 6.45. The van der Waals surface area contributed by atoms with Crippen LogP contribution in [0.4, 0.5) is 0 Å². The molecule has 0 N–H and O–H groups in total. The van der Waals surface area contributed by atoms with Gasteiger partial charge >= 0.3 is 0 Å². The van der Waals surface area contributed by atoms with Gasteiger partial charge in [-0.25, -0.2) is 0 Å². The number of nitrogens with zero attached hydrogens (tertiary/aromatic N) is 3. The van der Waals surface area contributed by atoms with Crippen molar-refractivity contribution in [3.63, 3.8) is 0 Å². The third-order valence-electron chi connectivity index (χ3n) is 3.21. The van der Waals surface area contributed by atoms with Gasteiger partial charge < -0.3 is 9.32 Å². The Morgan fingerprint density at radius 1 is 1.43 bits per heavy atom. The summed E-state index contributed by atoms with van der Waals surface area (Å²) in [4.78, 5) is 14.0. The maximum absolute atomic E-state index is 12.4. The van der Waals surface area contributed by atoms with Crippen molar-refractivity contribution in [2.75, 3.05) is 7.05 Å². The smallest absolute Gasteiger partial charge is 0.289 e. The minimum Gasteiger partial charge on any atom is -0.451 e. The Morgan fingerprint density at radius 2 is 2.24 bits per heavy atom. The van der Waals surface area contributed by atoms with E-state index in [4.69, 9.17) is 16.0 Å². The molecular formula is C15H14ClN3O2. The number of rotatable bonds is 3. The second kappa shape index (κ2) is 5.26. The molecule has 5 nitrogen and oxygen atoms in total. The van der Waals surface area contributed by atoms with E-state index in [1.165, 1.54) is 0 Å². The molecule has 3 rings (SSSR count). The van der Waals surface area contributed by atoms with Gasteiger partial charge in [0, 0.05) is 42.8 Å². The number of aromatic nitrogens is 2. The van der Waals surface area contributed by atoms with Crippen molar-refractivity contribution in [2.45, 2.75) is 6.54 Å². The molecule has 0 saturated heterocycles. The van der Waals surface area contributed by atoms with Crippen LogP contribution in [0, 0.1) is 0 Å². The SMILES string of the molecule is CN(Cc1cnn(C)c1)C(=O)c1cc2cc(Cl)ccc2o1. The Labute approximate surface area is 126 Å². The molecule has 1 aromatic carbocycles. The van der Waals surface area contributed by atoms with Crippen LogP contribution in [0.1, 0.15) is 16.1 Å². The van der Waals surface area contributed by atoms with E-state index in [2.05, 4.69) is 5.10 Å². The Kier molecular flexibility index (Phi) is 3.43. The summed E-state index contributed by atoms with van der Waals surface area (Å²) in [6.07, 6.45) is 3.62. The zero-order chi connectivity index (χ0) is 15.0. The van der Waals surface area contributed by atoms with Crippen molar-refractivity contribution < 1.29 is 9.21 Å². The molecule has 3 aromatic rings. The Balaban J connectivity index is 1.82. The molecule has 1 amide bonds. The van der Waals surface area contributed by atoms with Crippen molar-refractivity contribution in [3.8, 4) is 0 Å². The quantitative estimate of drug-likeness (QED) is 0.747. The maximum atomic E-state index is 12.4. The molecule has 108 valence electrons. The van der Waals surface area contributed by atoms with Gasteiger partial charge in [0.25, 0.3) is 5.91 Å². The van der Waals surface area contributed by atoms with Gasteiger partial charge in [0.15, 0.2) is 5.76 Å². The van der Waals surface area contributed by atoms with Crippen LogP contribution in [-0.4, -0.2) is 27.6 Å². The summed E-state index contributed by atoms with van der Waals surface area (Å²) >= 11 is 5.93. The van der Waals surface area contributed by atoms with Crippen LogP contribution in [0.25, 0.3) is 11.0 Å². The second-order valence-corrected chi connectivity index (χ2v) is 5.41. The highest BCUT2D eigenvalue weighted by Gasteiger charge is 2.17. The first kappa shape index (κ1) is 13.7. The van der Waals surface area contributed by atoms with Gasteiger partial charge in [-0.3, -0.25) is 9.48 Å². The fourth-order valence-electron chi connectivity index (χ4n) is 2.21. The highest BCUT2D eigenvalue weighted by molar-refractivity contribution is 6.31. The molecule has 0 aliphatic rings. The van der Waals surface area contributed by atoms with Gasteiger partial charge in [-0.2, -0.15) is 5.10 Å². The first-order chi connectivity index (χ1) is 10.0. The van der Waals surface area contributed by atoms with Crippen molar-refractivity contribution in [3.05, 3.63) is 53.0 Å².